The molecule has 0 atom stereocenters. The number of nitro benzene ring substituents is 1. The van der Waals surface area contributed by atoms with Gasteiger partial charge in [0.25, 0.3) is 11.6 Å². The molecule has 3 rings (SSSR count). The number of nitrogens with zero attached hydrogens (tertiary/aromatic N) is 3. The van der Waals surface area contributed by atoms with E-state index in [-0.39, 0.29) is 17.2 Å². The van der Waals surface area contributed by atoms with Gasteiger partial charge in [0.1, 0.15) is 5.69 Å². The fraction of sp³-hybridized carbons (Fsp3) is 0.364. The molecule has 1 amide bonds. The number of carbonyl (C=O) groups excluding carboxylic acids is 2. The van der Waals surface area contributed by atoms with Gasteiger partial charge in [0.15, 0.2) is 6.61 Å². The first-order valence-electron chi connectivity index (χ1n) is 10.1. The minimum absolute atomic E-state index is 0.0291. The number of esters is 1. The normalized spacial score (nSPS) is 14.2. The molecule has 0 saturated carbocycles. The van der Waals surface area contributed by atoms with Crippen LogP contribution in [0.4, 0.5) is 11.4 Å². The minimum Gasteiger partial charge on any atom is -0.452 e. The summed E-state index contributed by atoms with van der Waals surface area (Å²) in [5.41, 5.74) is 2.56. The third kappa shape index (κ3) is 5.79. The van der Waals surface area contributed by atoms with Crippen molar-refractivity contribution in [1.29, 1.82) is 0 Å². The lowest BCUT2D eigenvalue weighted by Crippen LogP contribution is -2.49. The standard InChI is InChI=1S/C22H26N4O5/c1-16-4-3-5-17(12-16)14-24-8-10-25(11-9-24)21(27)15-31-22(28)18-6-7-19(23-2)20(13-18)26(29)30/h3-7,12-13,23H,8-11,14-15H2,1-2H3. The Hall–Kier alpha value is -3.46. The lowest BCUT2D eigenvalue weighted by molar-refractivity contribution is -0.384. The van der Waals surface area contributed by atoms with E-state index in [9.17, 15) is 19.7 Å². The zero-order valence-corrected chi connectivity index (χ0v) is 17.7. The molecular formula is C22H26N4O5. The Labute approximate surface area is 180 Å². The van der Waals surface area contributed by atoms with Crippen molar-refractivity contribution >= 4 is 23.3 Å². The molecule has 31 heavy (non-hydrogen) atoms. The Balaban J connectivity index is 1.48. The topological polar surface area (TPSA) is 105 Å². The zero-order chi connectivity index (χ0) is 22.4. The number of anilines is 1. The molecule has 2 aromatic rings. The number of aryl methyl sites for hydroxylation is 1. The number of ether oxygens (including phenoxy) is 1. The highest BCUT2D eigenvalue weighted by atomic mass is 16.6. The average Bonchev–Trinajstić information content (AvgIpc) is 2.77. The summed E-state index contributed by atoms with van der Waals surface area (Å²) in [7, 11) is 1.56. The molecular weight excluding hydrogens is 400 g/mol. The third-order valence-corrected chi connectivity index (χ3v) is 5.24. The summed E-state index contributed by atoms with van der Waals surface area (Å²) in [6.07, 6.45) is 0. The van der Waals surface area contributed by atoms with Crippen LogP contribution < -0.4 is 5.32 Å². The Morgan fingerprint density at radius 1 is 1.13 bits per heavy atom. The lowest BCUT2D eigenvalue weighted by Gasteiger charge is -2.34. The highest BCUT2D eigenvalue weighted by Gasteiger charge is 2.23. The summed E-state index contributed by atoms with van der Waals surface area (Å²) in [5, 5.41) is 13.8. The molecule has 0 aromatic heterocycles. The molecule has 1 saturated heterocycles. The quantitative estimate of drug-likeness (QED) is 0.412. The van der Waals surface area contributed by atoms with Crippen molar-refractivity contribution < 1.29 is 19.2 Å². The van der Waals surface area contributed by atoms with Crippen LogP contribution in [0, 0.1) is 17.0 Å². The van der Waals surface area contributed by atoms with E-state index in [1.807, 2.05) is 6.07 Å². The third-order valence-electron chi connectivity index (χ3n) is 5.24. The molecule has 1 heterocycles. The first-order chi connectivity index (χ1) is 14.9. The van der Waals surface area contributed by atoms with Gasteiger partial charge in [-0.05, 0) is 24.6 Å². The molecule has 1 aliphatic rings. The van der Waals surface area contributed by atoms with Crippen LogP contribution in [0.5, 0.6) is 0 Å². The molecule has 0 aliphatic carbocycles. The SMILES string of the molecule is CNc1ccc(C(=O)OCC(=O)N2CCN(Cc3cccc(C)c3)CC2)cc1[N+](=O)[O-]. The number of carbonyl (C=O) groups is 2. The maximum atomic E-state index is 12.4. The number of piperazine rings is 1. The molecule has 1 fully saturated rings. The highest BCUT2D eigenvalue weighted by molar-refractivity contribution is 5.93. The van der Waals surface area contributed by atoms with Gasteiger partial charge < -0.3 is 15.0 Å². The number of rotatable bonds is 7. The van der Waals surface area contributed by atoms with Crippen LogP contribution >= 0.6 is 0 Å². The van der Waals surface area contributed by atoms with E-state index in [1.54, 1.807) is 11.9 Å². The van der Waals surface area contributed by atoms with Crippen molar-refractivity contribution in [2.45, 2.75) is 13.5 Å². The van der Waals surface area contributed by atoms with Crippen molar-refractivity contribution in [2.24, 2.45) is 0 Å². The van der Waals surface area contributed by atoms with Gasteiger partial charge in [-0.15, -0.1) is 0 Å². The van der Waals surface area contributed by atoms with Gasteiger partial charge in [0.2, 0.25) is 0 Å². The number of hydrogen-bond acceptors (Lipinski definition) is 7. The molecule has 2 aromatic carbocycles. The van der Waals surface area contributed by atoms with E-state index in [0.717, 1.165) is 25.7 Å². The Bertz CT molecular complexity index is 970. The Kier molecular flexibility index (Phi) is 7.19. The molecule has 0 spiro atoms. The lowest BCUT2D eigenvalue weighted by atomic mass is 10.1. The van der Waals surface area contributed by atoms with E-state index in [2.05, 4.69) is 35.3 Å². The highest BCUT2D eigenvalue weighted by Crippen LogP contribution is 2.25. The van der Waals surface area contributed by atoms with Crippen LogP contribution in [-0.4, -0.2) is 66.4 Å². The zero-order valence-electron chi connectivity index (χ0n) is 17.7. The summed E-state index contributed by atoms with van der Waals surface area (Å²) in [6.45, 7) is 5.11. The van der Waals surface area contributed by atoms with Crippen molar-refractivity contribution in [3.05, 3.63) is 69.3 Å². The molecule has 164 valence electrons. The Morgan fingerprint density at radius 2 is 1.87 bits per heavy atom. The fourth-order valence-electron chi connectivity index (χ4n) is 3.55. The van der Waals surface area contributed by atoms with Crippen LogP contribution in [0.3, 0.4) is 0 Å². The van der Waals surface area contributed by atoms with Gasteiger partial charge in [0, 0.05) is 45.8 Å². The molecule has 0 unspecified atom stereocenters. The van der Waals surface area contributed by atoms with Crippen LogP contribution in [0.2, 0.25) is 0 Å². The van der Waals surface area contributed by atoms with Crippen molar-refractivity contribution in [3.8, 4) is 0 Å². The second-order valence-electron chi connectivity index (χ2n) is 7.46. The van der Waals surface area contributed by atoms with Gasteiger partial charge in [0.05, 0.1) is 10.5 Å². The van der Waals surface area contributed by atoms with Crippen molar-refractivity contribution in [2.75, 3.05) is 45.2 Å². The van der Waals surface area contributed by atoms with Gasteiger partial charge in [-0.2, -0.15) is 0 Å². The summed E-state index contributed by atoms with van der Waals surface area (Å²) < 4.78 is 5.10. The van der Waals surface area contributed by atoms with Crippen LogP contribution in [-0.2, 0) is 16.1 Å². The number of nitrogens with one attached hydrogen (secondary N) is 1. The predicted molar refractivity (Wildman–Crippen MR) is 116 cm³/mol. The summed E-state index contributed by atoms with van der Waals surface area (Å²) in [5.74, 6) is -1.04. The van der Waals surface area contributed by atoms with Crippen LogP contribution in [0.15, 0.2) is 42.5 Å². The Morgan fingerprint density at radius 3 is 2.52 bits per heavy atom. The predicted octanol–water partition coefficient (Wildman–Crippen LogP) is 2.45. The van der Waals surface area contributed by atoms with Crippen LogP contribution in [0.1, 0.15) is 21.5 Å². The van der Waals surface area contributed by atoms with E-state index < -0.39 is 17.5 Å². The largest absolute Gasteiger partial charge is 0.452 e. The second kappa shape index (κ2) is 10.0. The molecule has 1 N–H and O–H groups in total. The number of hydrogen-bond donors (Lipinski definition) is 1. The summed E-state index contributed by atoms with van der Waals surface area (Å²) in [6, 6.07) is 12.4. The summed E-state index contributed by atoms with van der Waals surface area (Å²) in [4.78, 5) is 39.2. The van der Waals surface area contributed by atoms with E-state index in [0.29, 0.717) is 18.8 Å². The van der Waals surface area contributed by atoms with Gasteiger partial charge in [-0.1, -0.05) is 29.8 Å². The first kappa shape index (κ1) is 22.2. The molecule has 0 bridgehead atoms. The summed E-state index contributed by atoms with van der Waals surface area (Å²) >= 11 is 0. The van der Waals surface area contributed by atoms with E-state index >= 15 is 0 Å². The number of amides is 1. The van der Waals surface area contributed by atoms with Crippen LogP contribution in [0.25, 0.3) is 0 Å². The smallest absolute Gasteiger partial charge is 0.338 e. The average molecular weight is 426 g/mol. The van der Waals surface area contributed by atoms with E-state index in [1.165, 1.54) is 23.3 Å². The second-order valence-corrected chi connectivity index (χ2v) is 7.46. The molecule has 9 nitrogen and oxygen atoms in total. The van der Waals surface area contributed by atoms with Crippen molar-refractivity contribution in [1.82, 2.24) is 9.80 Å². The first-order valence-corrected chi connectivity index (χ1v) is 10.1. The number of benzene rings is 2. The van der Waals surface area contributed by atoms with Gasteiger partial charge in [-0.25, -0.2) is 4.79 Å². The number of nitro groups is 1. The van der Waals surface area contributed by atoms with Gasteiger partial charge in [-0.3, -0.25) is 19.8 Å². The fourth-order valence-corrected chi connectivity index (χ4v) is 3.55. The maximum Gasteiger partial charge on any atom is 0.338 e. The molecule has 1 aliphatic heterocycles. The molecule has 0 radical (unpaired) electrons. The van der Waals surface area contributed by atoms with E-state index in [4.69, 9.17) is 4.74 Å². The monoisotopic (exact) mass is 426 g/mol. The minimum atomic E-state index is -0.766. The maximum absolute atomic E-state index is 12.4. The van der Waals surface area contributed by atoms with Gasteiger partial charge >= 0.3 is 5.97 Å². The molecule has 9 heteroatoms. The van der Waals surface area contributed by atoms with Crippen molar-refractivity contribution in [3.63, 3.8) is 0 Å².